The van der Waals surface area contributed by atoms with E-state index < -0.39 is 77.1 Å². The molecule has 10 atom stereocenters. The molecular weight excluding hydrogens is 815 g/mol. The molecule has 2 saturated heterocycles. The summed E-state index contributed by atoms with van der Waals surface area (Å²) < 4.78 is 61.1. The molecule has 14 heteroatoms. The van der Waals surface area contributed by atoms with E-state index in [4.69, 9.17) is 47.4 Å². The van der Waals surface area contributed by atoms with Gasteiger partial charge >= 0.3 is 17.9 Å². The molecule has 2 aliphatic rings. The third-order valence-corrected chi connectivity index (χ3v) is 10.0. The monoisotopic (exact) mass is 862 g/mol. The third kappa shape index (κ3) is 12.0. The van der Waals surface area contributed by atoms with Gasteiger partial charge in [0.25, 0.3) is 0 Å². The van der Waals surface area contributed by atoms with Crippen molar-refractivity contribution >= 4 is 40.5 Å². The number of alkyl halides is 1. The summed E-state index contributed by atoms with van der Waals surface area (Å²) in [5.74, 6) is -1.82. The van der Waals surface area contributed by atoms with Crippen LogP contribution in [0, 0.1) is 0 Å². The second-order valence-corrected chi connectivity index (χ2v) is 14.3. The molecule has 2 fully saturated rings. The van der Waals surface area contributed by atoms with E-state index in [1.165, 1.54) is 27.9 Å². The van der Waals surface area contributed by atoms with E-state index in [0.717, 1.165) is 16.7 Å². The molecule has 3 aromatic rings. The van der Waals surface area contributed by atoms with Gasteiger partial charge in [0.05, 0.1) is 26.4 Å². The van der Waals surface area contributed by atoms with Gasteiger partial charge in [-0.2, -0.15) is 0 Å². The first-order valence-electron chi connectivity index (χ1n) is 17.7. The normalized spacial score (nSPS) is 28.2. The first kappa shape index (κ1) is 41.7. The van der Waals surface area contributed by atoms with Crippen LogP contribution < -0.4 is 0 Å². The summed E-state index contributed by atoms with van der Waals surface area (Å²) in [5, 5.41) is 0. The number of ether oxygens (including phenoxy) is 10. The average molecular weight is 863 g/mol. The first-order chi connectivity index (χ1) is 26.1. The molecule has 0 radical (unpaired) electrons. The highest BCUT2D eigenvalue weighted by Gasteiger charge is 2.54. The molecule has 13 nitrogen and oxygen atoms in total. The molecule has 0 bridgehead atoms. The lowest BCUT2D eigenvalue weighted by molar-refractivity contribution is -0.350. The number of carbonyl (C=O) groups excluding carboxylic acids is 3. The minimum Gasteiger partial charge on any atom is -0.463 e. The van der Waals surface area contributed by atoms with Gasteiger partial charge < -0.3 is 47.4 Å². The number of hydrogen-bond acceptors (Lipinski definition) is 13. The minimum absolute atomic E-state index is 0.0645. The van der Waals surface area contributed by atoms with Crippen LogP contribution in [0.5, 0.6) is 0 Å². The Kier molecular flexibility index (Phi) is 16.2. The van der Waals surface area contributed by atoms with Crippen molar-refractivity contribution < 1.29 is 61.8 Å². The maximum atomic E-state index is 12.4. The zero-order valence-electron chi connectivity index (χ0n) is 30.7. The Balaban J connectivity index is 1.50. The summed E-state index contributed by atoms with van der Waals surface area (Å²) in [5.41, 5.74) is 2.81. The van der Waals surface area contributed by atoms with E-state index in [1.807, 2.05) is 91.0 Å². The summed E-state index contributed by atoms with van der Waals surface area (Å²) in [6.07, 6.45) is -8.54. The van der Waals surface area contributed by atoms with Crippen molar-refractivity contribution in [1.82, 2.24) is 0 Å². The van der Waals surface area contributed by atoms with Crippen LogP contribution in [-0.2, 0) is 81.6 Å². The molecule has 0 unspecified atom stereocenters. The lowest BCUT2D eigenvalue weighted by Gasteiger charge is -2.49. The van der Waals surface area contributed by atoms with Crippen LogP contribution in [0.25, 0.3) is 0 Å². The molecule has 292 valence electrons. The second kappa shape index (κ2) is 21.0. The SMILES string of the molecule is CO[C@@H]1O[C@H](COCc2ccccc2)[C@@H](O[C@H]2O[C@H](COC(C)=O)[C@@H](OC(C)=O)[C@H](OC(C)=O)[C@@H]2I)[C@H](OCc2ccccc2)[C@H]1OCc1ccccc1. The lowest BCUT2D eigenvalue weighted by Crippen LogP contribution is -2.65. The van der Waals surface area contributed by atoms with E-state index in [1.54, 1.807) is 0 Å². The molecule has 0 spiro atoms. The zero-order valence-corrected chi connectivity index (χ0v) is 32.8. The Morgan fingerprint density at radius 3 is 1.57 bits per heavy atom. The molecule has 0 aliphatic carbocycles. The van der Waals surface area contributed by atoms with Crippen LogP contribution in [0.2, 0.25) is 0 Å². The van der Waals surface area contributed by atoms with Gasteiger partial charge in [0.1, 0.15) is 41.1 Å². The number of carbonyl (C=O) groups is 3. The number of halogens is 1. The van der Waals surface area contributed by atoms with Crippen molar-refractivity contribution in [2.45, 2.75) is 99.8 Å². The van der Waals surface area contributed by atoms with Crippen LogP contribution >= 0.6 is 22.6 Å². The fourth-order valence-electron chi connectivity index (χ4n) is 6.26. The van der Waals surface area contributed by atoms with E-state index in [9.17, 15) is 14.4 Å². The Bertz CT molecular complexity index is 1600. The van der Waals surface area contributed by atoms with Crippen LogP contribution in [0.3, 0.4) is 0 Å². The molecule has 0 amide bonds. The largest absolute Gasteiger partial charge is 0.463 e. The van der Waals surface area contributed by atoms with Gasteiger partial charge in [-0.3, -0.25) is 14.4 Å². The summed E-state index contributed by atoms with van der Waals surface area (Å²) in [6.45, 7) is 4.21. The number of methoxy groups -OCH3 is 1. The topological polar surface area (TPSA) is 144 Å². The van der Waals surface area contributed by atoms with Crippen LogP contribution in [0.15, 0.2) is 91.0 Å². The van der Waals surface area contributed by atoms with Gasteiger partial charge in [-0.05, 0) is 16.7 Å². The van der Waals surface area contributed by atoms with Crippen LogP contribution in [0.4, 0.5) is 0 Å². The Morgan fingerprint density at radius 1 is 0.574 bits per heavy atom. The van der Waals surface area contributed by atoms with E-state index in [0.29, 0.717) is 6.61 Å². The summed E-state index contributed by atoms with van der Waals surface area (Å²) in [7, 11) is 1.53. The fourth-order valence-corrected chi connectivity index (χ4v) is 7.15. The van der Waals surface area contributed by atoms with Gasteiger partial charge in [-0.25, -0.2) is 0 Å². The molecule has 3 aromatic carbocycles. The Labute approximate surface area is 328 Å². The van der Waals surface area contributed by atoms with Crippen molar-refractivity contribution in [3.8, 4) is 0 Å². The second-order valence-electron chi connectivity index (χ2n) is 12.8. The van der Waals surface area contributed by atoms with Gasteiger partial charge in [0.15, 0.2) is 24.8 Å². The lowest BCUT2D eigenvalue weighted by atomic mass is 9.97. The Hall–Kier alpha value is -3.48. The Morgan fingerprint density at radius 2 is 1.06 bits per heavy atom. The van der Waals surface area contributed by atoms with Crippen molar-refractivity contribution in [2.75, 3.05) is 20.3 Å². The summed E-state index contributed by atoms with van der Waals surface area (Å²) >= 11 is 2.05. The molecular formula is C40H47IO13. The molecule has 0 N–H and O–H groups in total. The van der Waals surface area contributed by atoms with E-state index >= 15 is 0 Å². The quantitative estimate of drug-likeness (QED) is 0.0771. The molecule has 54 heavy (non-hydrogen) atoms. The predicted molar refractivity (Wildman–Crippen MR) is 201 cm³/mol. The molecule has 5 rings (SSSR count). The number of esters is 3. The van der Waals surface area contributed by atoms with E-state index in [2.05, 4.69) is 22.6 Å². The van der Waals surface area contributed by atoms with Crippen molar-refractivity contribution in [2.24, 2.45) is 0 Å². The van der Waals surface area contributed by atoms with Gasteiger partial charge in [-0.1, -0.05) is 114 Å². The van der Waals surface area contributed by atoms with Crippen molar-refractivity contribution in [3.63, 3.8) is 0 Å². The molecule has 0 aromatic heterocycles. The fraction of sp³-hybridized carbons (Fsp3) is 0.475. The molecule has 2 aliphatic heterocycles. The smallest absolute Gasteiger partial charge is 0.303 e. The highest BCUT2D eigenvalue weighted by Crippen LogP contribution is 2.37. The average Bonchev–Trinajstić information content (AvgIpc) is 3.16. The highest BCUT2D eigenvalue weighted by molar-refractivity contribution is 14.1. The number of hydrogen-bond donors (Lipinski definition) is 0. The van der Waals surface area contributed by atoms with Gasteiger partial charge in [0.2, 0.25) is 0 Å². The number of benzene rings is 3. The van der Waals surface area contributed by atoms with Crippen LogP contribution in [0.1, 0.15) is 37.5 Å². The summed E-state index contributed by atoms with van der Waals surface area (Å²) in [6, 6.07) is 29.1. The number of rotatable bonds is 17. The maximum absolute atomic E-state index is 12.4. The standard InChI is InChI=1S/C40H47IO13/c1-25(42)47-24-32-34(50-26(2)43)36(51-27(3)44)33(41)39(52-32)54-35-31(23-46-20-28-14-8-5-9-15-28)53-40(45-4)38(49-22-30-18-12-7-13-19-30)37(35)48-21-29-16-10-6-11-17-29/h5-19,31-40H,20-24H2,1-4H3/t31-,32-,33+,34-,35-,36-,37+,38-,39-,40-/m1/s1. The minimum atomic E-state index is -1.12. The zero-order chi connectivity index (χ0) is 38.5. The van der Waals surface area contributed by atoms with E-state index in [-0.39, 0.29) is 26.4 Å². The predicted octanol–water partition coefficient (Wildman–Crippen LogP) is 5.09. The maximum Gasteiger partial charge on any atom is 0.303 e. The molecule has 0 saturated carbocycles. The highest BCUT2D eigenvalue weighted by atomic mass is 127. The van der Waals surface area contributed by atoms with Crippen molar-refractivity contribution in [3.05, 3.63) is 108 Å². The van der Waals surface area contributed by atoms with Gasteiger partial charge in [0, 0.05) is 27.9 Å². The van der Waals surface area contributed by atoms with Crippen LogP contribution in [-0.4, -0.2) is 97.5 Å². The third-order valence-electron chi connectivity index (χ3n) is 8.71. The van der Waals surface area contributed by atoms with Gasteiger partial charge in [-0.15, -0.1) is 0 Å². The molecule has 2 heterocycles. The summed E-state index contributed by atoms with van der Waals surface area (Å²) in [4.78, 5) is 36.5. The first-order valence-corrected chi connectivity index (χ1v) is 18.9. The van der Waals surface area contributed by atoms with Crippen molar-refractivity contribution in [1.29, 1.82) is 0 Å².